The number of phenols is 1. The molecule has 0 unspecified atom stereocenters. The number of carbonyl (C=O) groups excluding carboxylic acids is 2. The van der Waals surface area contributed by atoms with Gasteiger partial charge in [0.25, 0.3) is 5.91 Å². The van der Waals surface area contributed by atoms with Crippen molar-refractivity contribution in [1.82, 2.24) is 43.5 Å². The van der Waals surface area contributed by atoms with Gasteiger partial charge in [0, 0.05) is 142 Å². The zero-order chi connectivity index (χ0) is 89.9. The highest BCUT2D eigenvalue weighted by atomic mass is 35.5. The van der Waals surface area contributed by atoms with E-state index < -0.39 is 11.9 Å². The van der Waals surface area contributed by atoms with Crippen LogP contribution in [0.4, 0.5) is 0 Å². The number of amides is 1. The Morgan fingerprint density at radius 2 is 0.712 bits per heavy atom. The van der Waals surface area contributed by atoms with Crippen molar-refractivity contribution >= 4 is 93.2 Å². The number of aliphatic carboxylic acids is 1. The Bertz CT molecular complexity index is 5550. The summed E-state index contributed by atoms with van der Waals surface area (Å²) in [7, 11) is 0. The molecule has 2 atom stereocenters. The van der Waals surface area contributed by atoms with E-state index in [1.54, 1.807) is 49.4 Å². The topological polar surface area (TPSA) is 231 Å². The lowest BCUT2D eigenvalue weighted by Crippen LogP contribution is -2.23. The molecule has 4 heterocycles. The number of halogens is 6. The van der Waals surface area contributed by atoms with Gasteiger partial charge in [-0.2, -0.15) is 0 Å². The fourth-order valence-corrected chi connectivity index (χ4v) is 14.0. The zero-order valence-corrected chi connectivity index (χ0v) is 75.5. The van der Waals surface area contributed by atoms with Gasteiger partial charge >= 0.3 is 11.9 Å². The molecular formula is C101H101Cl6N9O9. The van der Waals surface area contributed by atoms with Gasteiger partial charge in [0.15, 0.2) is 0 Å². The molecule has 4 aromatic heterocycles. The van der Waals surface area contributed by atoms with E-state index in [1.807, 2.05) is 197 Å². The number of hydrogen-bond donors (Lipinski definition) is 4. The van der Waals surface area contributed by atoms with Crippen LogP contribution in [0.25, 0.3) is 45.6 Å². The number of para-hydroxylation sites is 3. The van der Waals surface area contributed by atoms with E-state index in [1.165, 1.54) is 23.3 Å². The predicted octanol–water partition coefficient (Wildman–Crippen LogP) is 25.0. The number of Topliss-reactive ketones (excluding diaryl/α,β-unsaturated/α-hetero) is 1. The van der Waals surface area contributed by atoms with Crippen molar-refractivity contribution in [2.24, 2.45) is 11.8 Å². The van der Waals surface area contributed by atoms with Crippen LogP contribution in [0.1, 0.15) is 131 Å². The molecule has 0 saturated carbocycles. The van der Waals surface area contributed by atoms with Crippen LogP contribution in [0, 0.1) is 58.8 Å². The molecule has 0 aliphatic heterocycles. The van der Waals surface area contributed by atoms with Crippen molar-refractivity contribution in [3.05, 3.63) is 359 Å². The molecule has 0 radical (unpaired) electrons. The number of nitrogens with one attached hydrogen (secondary N) is 1. The molecule has 18 nitrogen and oxygen atoms in total. The summed E-state index contributed by atoms with van der Waals surface area (Å²) in [5.74, 6) is 6.95. The maximum atomic E-state index is 11.3. The first kappa shape index (κ1) is 96.6. The van der Waals surface area contributed by atoms with Crippen LogP contribution >= 0.6 is 69.6 Å². The smallest absolute Gasteiger partial charge is 0.335 e. The SMILES string of the molecule is C#CCNC(=O)c1ccc(Cl)cc1.CC(=O)C[C@H](C)CCCOc1ccccc1Cn1c(C)cnc1-c1ccc(Cl)cc1.Cc1ccccc1Cn1c(C)cnc1-c1ccc(Cl)cc1.Cc1cnc(-c2ccc(Cl)cc2)n1Cc1ccccc1O.Cc1cnc(-c2ccc(Cl)cc2)n1Cc1ccccc1OCCC[C@@H](C)CC(=O)O.O=C(O)c1ccc(Cl)cc1. The third-order valence-corrected chi connectivity index (χ3v) is 21.6. The van der Waals surface area contributed by atoms with Crippen LogP contribution in [-0.2, 0) is 35.8 Å². The van der Waals surface area contributed by atoms with Crippen LogP contribution in [0.3, 0.4) is 0 Å². The normalized spacial score (nSPS) is 11.0. The molecule has 24 heteroatoms. The fourth-order valence-electron chi connectivity index (χ4n) is 13.3. The van der Waals surface area contributed by atoms with E-state index in [0.717, 1.165) is 134 Å². The molecule has 10 aromatic carbocycles. The van der Waals surface area contributed by atoms with Gasteiger partial charge in [-0.05, 0) is 254 Å². The predicted molar refractivity (Wildman–Crippen MR) is 505 cm³/mol. The zero-order valence-electron chi connectivity index (χ0n) is 71.0. The molecule has 0 aliphatic carbocycles. The summed E-state index contributed by atoms with van der Waals surface area (Å²) in [4.78, 5) is 61.8. The van der Waals surface area contributed by atoms with Crippen molar-refractivity contribution in [3.8, 4) is 75.1 Å². The summed E-state index contributed by atoms with van der Waals surface area (Å²) in [5.41, 5.74) is 15.0. The molecule has 14 rings (SSSR count). The number of terminal acetylenes is 1. The molecule has 0 spiro atoms. The largest absolute Gasteiger partial charge is 0.508 e. The van der Waals surface area contributed by atoms with E-state index in [-0.39, 0.29) is 36.1 Å². The number of carboxylic acid groups (broad SMARTS) is 2. The number of imidazole rings is 4. The first-order valence-corrected chi connectivity index (χ1v) is 42.9. The van der Waals surface area contributed by atoms with Crippen molar-refractivity contribution in [1.29, 1.82) is 0 Å². The van der Waals surface area contributed by atoms with Gasteiger partial charge in [0.05, 0.1) is 45.0 Å². The first-order chi connectivity index (χ1) is 60.1. The number of ketones is 1. The second-order valence-corrected chi connectivity index (χ2v) is 32.6. The van der Waals surface area contributed by atoms with E-state index in [9.17, 15) is 24.3 Å². The summed E-state index contributed by atoms with van der Waals surface area (Å²) in [6, 6.07) is 75.5. The highest BCUT2D eigenvalue weighted by Gasteiger charge is 2.19. The third-order valence-electron chi connectivity index (χ3n) is 20.0. The van der Waals surface area contributed by atoms with Gasteiger partial charge in [-0.3, -0.25) is 9.59 Å². The molecule has 646 valence electrons. The van der Waals surface area contributed by atoms with Gasteiger partial charge in [0.1, 0.15) is 46.3 Å². The van der Waals surface area contributed by atoms with E-state index in [2.05, 4.69) is 114 Å². The van der Waals surface area contributed by atoms with Crippen molar-refractivity contribution < 1.29 is 44.0 Å². The van der Waals surface area contributed by atoms with Crippen molar-refractivity contribution in [2.45, 2.75) is 120 Å². The van der Waals surface area contributed by atoms with Gasteiger partial charge in [-0.15, -0.1) is 6.42 Å². The molecule has 125 heavy (non-hydrogen) atoms. The van der Waals surface area contributed by atoms with Crippen LogP contribution in [0.5, 0.6) is 17.2 Å². The fraction of sp³-hybridized carbons (Fsp3) is 0.228. The molecule has 14 aromatic rings. The summed E-state index contributed by atoms with van der Waals surface area (Å²) < 4.78 is 20.8. The number of rotatable bonds is 29. The summed E-state index contributed by atoms with van der Waals surface area (Å²) in [5, 5.41) is 33.8. The Labute approximate surface area is 761 Å². The molecule has 0 bridgehead atoms. The second kappa shape index (κ2) is 49.3. The number of carbonyl (C=O) groups is 4. The molecule has 0 saturated heterocycles. The highest BCUT2D eigenvalue weighted by Crippen LogP contribution is 2.32. The number of aryl methyl sites for hydroxylation is 5. The van der Waals surface area contributed by atoms with Crippen molar-refractivity contribution in [3.63, 3.8) is 0 Å². The molecule has 0 fully saturated rings. The quantitative estimate of drug-likeness (QED) is 0.0253. The average molecular weight is 1800 g/mol. The number of hydrogen-bond acceptors (Lipinski definition) is 11. The van der Waals surface area contributed by atoms with Gasteiger partial charge in [-0.25, -0.2) is 24.7 Å². The van der Waals surface area contributed by atoms with Crippen LogP contribution in [0.2, 0.25) is 30.1 Å². The van der Waals surface area contributed by atoms with Crippen LogP contribution < -0.4 is 14.8 Å². The Morgan fingerprint density at radius 3 is 1.05 bits per heavy atom. The third kappa shape index (κ3) is 30.6. The van der Waals surface area contributed by atoms with E-state index in [0.29, 0.717) is 81.6 Å². The maximum Gasteiger partial charge on any atom is 0.335 e. The number of phenolic OH excluding ortho intramolecular Hbond substituents is 1. The minimum Gasteiger partial charge on any atom is -0.508 e. The number of benzene rings is 10. The van der Waals surface area contributed by atoms with Crippen molar-refractivity contribution in [2.75, 3.05) is 19.8 Å². The monoisotopic (exact) mass is 1790 g/mol. The molecule has 4 N–H and O–H groups in total. The number of aromatic hydroxyl groups is 1. The summed E-state index contributed by atoms with van der Waals surface area (Å²) in [6.07, 6.45) is 16.9. The van der Waals surface area contributed by atoms with E-state index >= 15 is 0 Å². The lowest BCUT2D eigenvalue weighted by molar-refractivity contribution is -0.138. The molecule has 1 amide bonds. The van der Waals surface area contributed by atoms with E-state index in [4.69, 9.17) is 95.7 Å². The first-order valence-electron chi connectivity index (χ1n) is 40.6. The Balaban J connectivity index is 0.000000175. The average Bonchev–Trinajstić information content (AvgIpc) is 1.71. The highest BCUT2D eigenvalue weighted by molar-refractivity contribution is 6.32. The van der Waals surface area contributed by atoms with Crippen LogP contribution in [-0.4, -0.2) is 96.9 Å². The molecular weight excluding hydrogens is 1700 g/mol. The Kier molecular flexibility index (Phi) is 38.2. The molecule has 0 aliphatic rings. The van der Waals surface area contributed by atoms with Gasteiger partial charge in [0.2, 0.25) is 0 Å². The maximum absolute atomic E-state index is 11.3. The number of aromatic carboxylic acids is 1. The lowest BCUT2D eigenvalue weighted by atomic mass is 10.00. The van der Waals surface area contributed by atoms with Gasteiger partial charge < -0.3 is 53.2 Å². The Hall–Kier alpha value is -12.2. The number of carboxylic acids is 2. The summed E-state index contributed by atoms with van der Waals surface area (Å²) in [6.45, 7) is 20.3. The standard InChI is InChI=1S/C25H29ClN2O2.C24H27ClN2O3.C18H17ClN2.C17H15ClN2O.C10H8ClNO.C7H5ClO2/c1-18(15-20(3)29)7-6-14-30-24-9-5-4-8-22(24)17-28-19(2)16-27-25(28)21-10-12-23(26)13-11-21;1-17(14-23(28)29)6-5-13-30-22-8-4-3-7-20(22)16-27-18(2)15-26-24(27)19-9-11-21(25)12-10-19;1-13-5-3-4-6-16(13)12-21-14(2)11-20-18(21)15-7-9-17(19)10-8-15;1-12-10-19-17(13-6-8-15(18)9-7-13)20(12)11-14-4-2-3-5-16(14)21;1-2-7-12-10(13)8-3-5-9(11)6-4-8;8-6-3-1-5(2-4-6)7(9)10/h4-5,8-13,16,18H,6-7,14-15,17H2,1-3H3;3-4,7-12,15,17H,5-6,13-14,16H2,1-2H3,(H,28,29);3-11H,12H2,1-2H3;2-10,21H,11H2,1H3;1,3-6H,7H2,(H,12,13);1-4H,(H,9,10)/t18-;17-;;;;/m11..../s1. The second-order valence-electron chi connectivity index (χ2n) is 29.9. The minimum absolute atomic E-state index is 0.150. The number of nitrogens with zero attached hydrogens (tertiary/aromatic N) is 8. The van der Waals surface area contributed by atoms with Gasteiger partial charge in [-0.1, -0.05) is 168 Å². The summed E-state index contributed by atoms with van der Waals surface area (Å²) >= 11 is 35.1. The van der Waals surface area contributed by atoms with Crippen LogP contribution in [0.15, 0.2) is 267 Å². The Morgan fingerprint density at radius 1 is 0.408 bits per heavy atom. The minimum atomic E-state index is -0.934. The lowest BCUT2D eigenvalue weighted by Gasteiger charge is -2.15. The number of ether oxygens (including phenoxy) is 2. The number of aromatic nitrogens is 8.